The van der Waals surface area contributed by atoms with Crippen molar-refractivity contribution in [3.63, 3.8) is 0 Å². The van der Waals surface area contributed by atoms with Crippen LogP contribution in [0.4, 0.5) is 14.5 Å². The van der Waals surface area contributed by atoms with Gasteiger partial charge in [-0.05, 0) is 24.6 Å². The molecule has 0 radical (unpaired) electrons. The molecule has 0 aromatic heterocycles. The van der Waals surface area contributed by atoms with Crippen molar-refractivity contribution in [3.8, 4) is 0 Å². The van der Waals surface area contributed by atoms with Gasteiger partial charge in [0, 0.05) is 11.8 Å². The number of carbonyl (C=O) groups excluding carboxylic acids is 1. The normalized spacial score (nSPS) is 11.9. The summed E-state index contributed by atoms with van der Waals surface area (Å²) >= 11 is 0. The van der Waals surface area contributed by atoms with Crippen LogP contribution in [0.5, 0.6) is 0 Å². The van der Waals surface area contributed by atoms with E-state index >= 15 is 0 Å². The minimum absolute atomic E-state index is 0.116. The molecule has 1 amide bonds. The lowest BCUT2D eigenvalue weighted by atomic mass is 10.0. The lowest BCUT2D eigenvalue weighted by Gasteiger charge is -2.12. The first kappa shape index (κ1) is 13.2. The van der Waals surface area contributed by atoms with E-state index < -0.39 is 17.6 Å². The van der Waals surface area contributed by atoms with E-state index in [0.717, 1.165) is 23.8 Å². The van der Waals surface area contributed by atoms with Crippen LogP contribution in [-0.2, 0) is 4.79 Å². The smallest absolute Gasteiger partial charge is 0.231 e. The van der Waals surface area contributed by atoms with Crippen molar-refractivity contribution in [3.05, 3.63) is 65.7 Å². The van der Waals surface area contributed by atoms with E-state index in [1.807, 2.05) is 30.3 Å². The Balaban J connectivity index is 2.13. The zero-order valence-corrected chi connectivity index (χ0v) is 10.4. The third-order valence-electron chi connectivity index (χ3n) is 2.82. The molecule has 98 valence electrons. The Bertz CT molecular complexity index is 564. The fourth-order valence-corrected chi connectivity index (χ4v) is 1.77. The summed E-state index contributed by atoms with van der Waals surface area (Å²) in [6.45, 7) is 1.74. The molecule has 1 unspecified atom stereocenters. The lowest BCUT2D eigenvalue weighted by molar-refractivity contribution is -0.117. The molecule has 2 nitrogen and oxygen atoms in total. The Kier molecular flexibility index (Phi) is 3.90. The predicted molar refractivity (Wildman–Crippen MR) is 69.8 cm³/mol. The molecule has 19 heavy (non-hydrogen) atoms. The summed E-state index contributed by atoms with van der Waals surface area (Å²) in [6, 6.07) is 12.1. The van der Waals surface area contributed by atoms with Crippen LogP contribution in [0.2, 0.25) is 0 Å². The van der Waals surface area contributed by atoms with Crippen LogP contribution >= 0.6 is 0 Å². The van der Waals surface area contributed by atoms with E-state index in [1.54, 1.807) is 6.92 Å². The second kappa shape index (κ2) is 5.61. The molecule has 0 aliphatic heterocycles. The van der Waals surface area contributed by atoms with Gasteiger partial charge in [0.15, 0.2) is 0 Å². The molecule has 2 aromatic rings. The number of anilines is 1. The quantitative estimate of drug-likeness (QED) is 0.896. The summed E-state index contributed by atoms with van der Waals surface area (Å²) in [4.78, 5) is 12.0. The number of amides is 1. The van der Waals surface area contributed by atoms with Crippen molar-refractivity contribution in [1.29, 1.82) is 0 Å². The molecule has 0 spiro atoms. The van der Waals surface area contributed by atoms with Gasteiger partial charge in [0.25, 0.3) is 0 Å². The number of nitrogens with one attached hydrogen (secondary N) is 1. The predicted octanol–water partition coefficient (Wildman–Crippen LogP) is 3.71. The maximum absolute atomic E-state index is 13.0. The molecular formula is C15H13F2NO. The minimum Gasteiger partial charge on any atom is -0.325 e. The SMILES string of the molecule is CC(C(=O)Nc1cc(F)cc(F)c1)c1ccccc1. The fraction of sp³-hybridized carbons (Fsp3) is 0.133. The monoisotopic (exact) mass is 261 g/mol. The van der Waals surface area contributed by atoms with Crippen molar-refractivity contribution < 1.29 is 13.6 Å². The van der Waals surface area contributed by atoms with Crippen LogP contribution in [0.1, 0.15) is 18.4 Å². The van der Waals surface area contributed by atoms with Gasteiger partial charge in [-0.1, -0.05) is 30.3 Å². The van der Waals surface area contributed by atoms with Crippen molar-refractivity contribution in [1.82, 2.24) is 0 Å². The van der Waals surface area contributed by atoms with Crippen LogP contribution in [0.15, 0.2) is 48.5 Å². The number of halogens is 2. The minimum atomic E-state index is -0.720. The molecule has 4 heteroatoms. The van der Waals surface area contributed by atoms with Crippen LogP contribution < -0.4 is 5.32 Å². The highest BCUT2D eigenvalue weighted by Gasteiger charge is 2.15. The molecular weight excluding hydrogens is 248 g/mol. The van der Waals surface area contributed by atoms with Crippen LogP contribution in [-0.4, -0.2) is 5.91 Å². The molecule has 0 aliphatic carbocycles. The fourth-order valence-electron chi connectivity index (χ4n) is 1.77. The van der Waals surface area contributed by atoms with E-state index in [-0.39, 0.29) is 11.6 Å². The molecule has 0 saturated heterocycles. The van der Waals surface area contributed by atoms with Gasteiger partial charge in [0.1, 0.15) is 11.6 Å². The zero-order valence-electron chi connectivity index (χ0n) is 10.4. The van der Waals surface area contributed by atoms with E-state index in [2.05, 4.69) is 5.32 Å². The first-order valence-electron chi connectivity index (χ1n) is 5.88. The average molecular weight is 261 g/mol. The van der Waals surface area contributed by atoms with Gasteiger partial charge in [0.05, 0.1) is 5.92 Å². The summed E-state index contributed by atoms with van der Waals surface area (Å²) in [5.74, 6) is -2.14. The number of rotatable bonds is 3. The first-order valence-corrected chi connectivity index (χ1v) is 5.88. The number of carbonyl (C=O) groups is 1. The molecule has 0 fully saturated rings. The van der Waals surface area contributed by atoms with E-state index in [1.165, 1.54) is 0 Å². The Hall–Kier alpha value is -2.23. The van der Waals surface area contributed by atoms with E-state index in [9.17, 15) is 13.6 Å². The van der Waals surface area contributed by atoms with Gasteiger partial charge < -0.3 is 5.32 Å². The molecule has 1 N–H and O–H groups in total. The van der Waals surface area contributed by atoms with Crippen LogP contribution in [0.25, 0.3) is 0 Å². The van der Waals surface area contributed by atoms with Crippen molar-refractivity contribution in [2.24, 2.45) is 0 Å². The second-order valence-electron chi connectivity index (χ2n) is 4.28. The largest absolute Gasteiger partial charge is 0.325 e. The van der Waals surface area contributed by atoms with Crippen molar-refractivity contribution in [2.45, 2.75) is 12.8 Å². The van der Waals surface area contributed by atoms with Crippen LogP contribution in [0, 0.1) is 11.6 Å². The topological polar surface area (TPSA) is 29.1 Å². The lowest BCUT2D eigenvalue weighted by Crippen LogP contribution is -2.19. The molecule has 0 heterocycles. The third-order valence-corrected chi connectivity index (χ3v) is 2.82. The Morgan fingerprint density at radius 3 is 2.21 bits per heavy atom. The highest BCUT2D eigenvalue weighted by molar-refractivity contribution is 5.95. The van der Waals surface area contributed by atoms with Gasteiger partial charge >= 0.3 is 0 Å². The van der Waals surface area contributed by atoms with Gasteiger partial charge in [-0.15, -0.1) is 0 Å². The zero-order chi connectivity index (χ0) is 13.8. The van der Waals surface area contributed by atoms with E-state index in [0.29, 0.717) is 0 Å². The van der Waals surface area contributed by atoms with Crippen LogP contribution in [0.3, 0.4) is 0 Å². The number of benzene rings is 2. The molecule has 2 aromatic carbocycles. The van der Waals surface area contributed by atoms with E-state index in [4.69, 9.17) is 0 Å². The molecule has 0 saturated carbocycles. The van der Waals surface area contributed by atoms with Gasteiger partial charge in [-0.25, -0.2) is 8.78 Å². The summed E-state index contributed by atoms with van der Waals surface area (Å²) in [5.41, 5.74) is 0.960. The Morgan fingerprint density at radius 1 is 1.05 bits per heavy atom. The maximum atomic E-state index is 13.0. The summed E-state index contributed by atoms with van der Waals surface area (Å²) < 4.78 is 26.0. The van der Waals surface area contributed by atoms with Crippen molar-refractivity contribution in [2.75, 3.05) is 5.32 Å². The summed E-state index contributed by atoms with van der Waals surface area (Å²) in [7, 11) is 0. The summed E-state index contributed by atoms with van der Waals surface area (Å²) in [6.07, 6.45) is 0. The average Bonchev–Trinajstić information content (AvgIpc) is 2.37. The van der Waals surface area contributed by atoms with Gasteiger partial charge in [0.2, 0.25) is 5.91 Å². The molecule has 0 bridgehead atoms. The number of hydrogen-bond acceptors (Lipinski definition) is 1. The maximum Gasteiger partial charge on any atom is 0.231 e. The molecule has 0 aliphatic rings. The molecule has 2 rings (SSSR count). The molecule has 1 atom stereocenters. The summed E-state index contributed by atoms with van der Waals surface area (Å²) in [5, 5.41) is 2.50. The second-order valence-corrected chi connectivity index (χ2v) is 4.28. The standard InChI is InChI=1S/C15H13F2NO/c1-10(11-5-3-2-4-6-11)15(19)18-14-8-12(16)7-13(17)9-14/h2-10H,1H3,(H,18,19). The Morgan fingerprint density at radius 2 is 1.63 bits per heavy atom. The number of hydrogen-bond donors (Lipinski definition) is 1. The van der Waals surface area contributed by atoms with Gasteiger partial charge in [-0.3, -0.25) is 4.79 Å². The van der Waals surface area contributed by atoms with Crippen molar-refractivity contribution >= 4 is 11.6 Å². The Labute approximate surface area is 110 Å². The third kappa shape index (κ3) is 3.37. The van der Waals surface area contributed by atoms with Gasteiger partial charge in [-0.2, -0.15) is 0 Å². The highest BCUT2D eigenvalue weighted by atomic mass is 19.1. The first-order chi connectivity index (χ1) is 9.06. The highest BCUT2D eigenvalue weighted by Crippen LogP contribution is 2.19.